The molecular formula is C20H18F2N6O. The number of alkyl halides is 1. The minimum absolute atomic E-state index is 0.106. The smallest absolute Gasteiger partial charge is 0.225 e. The number of ether oxygens (including phenoxy) is 1. The number of hydrogen-bond acceptors (Lipinski definition) is 6. The molecule has 148 valence electrons. The molecule has 5 rings (SSSR count). The van der Waals surface area contributed by atoms with Crippen LogP contribution in [0.5, 0.6) is 0 Å². The number of pyridine rings is 1. The highest BCUT2D eigenvalue weighted by Crippen LogP contribution is 2.34. The maximum Gasteiger partial charge on any atom is 0.225 e. The number of anilines is 1. The second-order valence-corrected chi connectivity index (χ2v) is 6.86. The first kappa shape index (κ1) is 17.9. The normalized spacial score (nSPS) is 19.9. The molecule has 1 fully saturated rings. The van der Waals surface area contributed by atoms with Crippen molar-refractivity contribution in [3.05, 3.63) is 48.8 Å². The van der Waals surface area contributed by atoms with E-state index in [1.54, 1.807) is 41.5 Å². The van der Waals surface area contributed by atoms with E-state index in [1.807, 2.05) is 4.90 Å². The Morgan fingerprint density at radius 2 is 1.90 bits per heavy atom. The maximum atomic E-state index is 14.6. The molecule has 3 aromatic rings. The summed E-state index contributed by atoms with van der Waals surface area (Å²) in [5, 5.41) is 0. The number of allylic oxidation sites excluding steroid dienone is 4. The first-order valence-electron chi connectivity index (χ1n) is 9.40. The Balaban J connectivity index is 1.59. The van der Waals surface area contributed by atoms with Crippen molar-refractivity contribution in [1.82, 2.24) is 24.5 Å². The molecule has 29 heavy (non-hydrogen) atoms. The van der Waals surface area contributed by atoms with Crippen LogP contribution in [0.2, 0.25) is 0 Å². The molecular weight excluding hydrogens is 378 g/mol. The summed E-state index contributed by atoms with van der Waals surface area (Å²) in [5.74, 6) is 0.470. The second-order valence-electron chi connectivity index (χ2n) is 6.86. The number of fused-ring (bicyclic) bond motifs is 1. The van der Waals surface area contributed by atoms with E-state index >= 15 is 0 Å². The summed E-state index contributed by atoms with van der Waals surface area (Å²) in [6.45, 7) is 2.75. The average molecular weight is 396 g/mol. The third-order valence-corrected chi connectivity index (χ3v) is 5.00. The van der Waals surface area contributed by atoms with E-state index in [9.17, 15) is 8.78 Å². The highest BCUT2D eigenvalue weighted by molar-refractivity contribution is 5.86. The Labute approximate surface area is 165 Å². The molecule has 1 aliphatic carbocycles. The SMILES string of the molecule is FC1=CC(F)CC=C1n1c(-c2cnc(N3CCOCC3)nc2)nc2ccncc21. The molecule has 0 radical (unpaired) electrons. The lowest BCUT2D eigenvalue weighted by atomic mass is 10.1. The molecule has 0 bridgehead atoms. The molecule has 9 heteroatoms. The topological polar surface area (TPSA) is 69.0 Å². The molecule has 0 saturated carbocycles. The van der Waals surface area contributed by atoms with Crippen molar-refractivity contribution in [2.24, 2.45) is 0 Å². The van der Waals surface area contributed by atoms with Gasteiger partial charge in [-0.25, -0.2) is 23.7 Å². The Morgan fingerprint density at radius 1 is 1.10 bits per heavy atom. The molecule has 1 aliphatic heterocycles. The minimum atomic E-state index is -1.33. The molecule has 0 N–H and O–H groups in total. The van der Waals surface area contributed by atoms with Crippen LogP contribution in [0.25, 0.3) is 28.1 Å². The van der Waals surface area contributed by atoms with Gasteiger partial charge in [-0.1, -0.05) is 6.08 Å². The molecule has 1 saturated heterocycles. The van der Waals surface area contributed by atoms with Gasteiger partial charge in [0, 0.05) is 38.1 Å². The van der Waals surface area contributed by atoms with Gasteiger partial charge in [-0.15, -0.1) is 0 Å². The van der Waals surface area contributed by atoms with Gasteiger partial charge in [0.15, 0.2) is 0 Å². The van der Waals surface area contributed by atoms with Crippen LogP contribution < -0.4 is 4.90 Å². The first-order valence-corrected chi connectivity index (χ1v) is 9.40. The van der Waals surface area contributed by atoms with E-state index in [2.05, 4.69) is 19.9 Å². The summed E-state index contributed by atoms with van der Waals surface area (Å²) in [5.41, 5.74) is 2.17. The monoisotopic (exact) mass is 396 g/mol. The predicted molar refractivity (Wildman–Crippen MR) is 105 cm³/mol. The lowest BCUT2D eigenvalue weighted by Gasteiger charge is -2.26. The van der Waals surface area contributed by atoms with Crippen LogP contribution in [0.3, 0.4) is 0 Å². The van der Waals surface area contributed by atoms with Crippen molar-refractivity contribution in [3.8, 4) is 11.4 Å². The minimum Gasteiger partial charge on any atom is -0.378 e. The maximum absolute atomic E-state index is 14.6. The van der Waals surface area contributed by atoms with Crippen molar-refractivity contribution in [3.63, 3.8) is 0 Å². The Bertz CT molecular complexity index is 1100. The molecule has 4 heterocycles. The molecule has 1 unspecified atom stereocenters. The number of rotatable bonds is 3. The average Bonchev–Trinajstić information content (AvgIpc) is 3.14. The Hall–Kier alpha value is -3.20. The van der Waals surface area contributed by atoms with Gasteiger partial charge in [0.2, 0.25) is 5.95 Å². The van der Waals surface area contributed by atoms with Gasteiger partial charge in [-0.2, -0.15) is 0 Å². The van der Waals surface area contributed by atoms with E-state index in [1.165, 1.54) is 0 Å². The summed E-state index contributed by atoms with van der Waals surface area (Å²) in [6, 6.07) is 1.75. The summed E-state index contributed by atoms with van der Waals surface area (Å²) >= 11 is 0. The van der Waals surface area contributed by atoms with Crippen LogP contribution in [-0.2, 0) is 4.74 Å². The van der Waals surface area contributed by atoms with E-state index in [-0.39, 0.29) is 12.1 Å². The molecule has 0 spiro atoms. The number of hydrogen-bond donors (Lipinski definition) is 0. The van der Waals surface area contributed by atoms with Crippen LogP contribution in [0, 0.1) is 0 Å². The number of nitrogens with zero attached hydrogens (tertiary/aromatic N) is 6. The Kier molecular flexibility index (Phi) is 4.51. The fourth-order valence-electron chi connectivity index (χ4n) is 3.56. The summed E-state index contributed by atoms with van der Waals surface area (Å²) in [4.78, 5) is 19.8. The van der Waals surface area contributed by atoms with Crippen LogP contribution >= 0.6 is 0 Å². The lowest BCUT2D eigenvalue weighted by molar-refractivity contribution is 0.122. The van der Waals surface area contributed by atoms with E-state index in [4.69, 9.17) is 4.74 Å². The van der Waals surface area contributed by atoms with Gasteiger partial charge in [-0.3, -0.25) is 9.55 Å². The molecule has 0 aromatic carbocycles. The molecule has 7 nitrogen and oxygen atoms in total. The predicted octanol–water partition coefficient (Wildman–Crippen LogP) is 3.16. The quantitative estimate of drug-likeness (QED) is 0.678. The van der Waals surface area contributed by atoms with Crippen molar-refractivity contribution in [2.75, 3.05) is 31.2 Å². The fourth-order valence-corrected chi connectivity index (χ4v) is 3.56. The number of aromatic nitrogens is 5. The highest BCUT2D eigenvalue weighted by Gasteiger charge is 2.23. The van der Waals surface area contributed by atoms with Crippen molar-refractivity contribution >= 4 is 22.7 Å². The zero-order valence-corrected chi connectivity index (χ0v) is 15.5. The van der Waals surface area contributed by atoms with Gasteiger partial charge in [0.1, 0.15) is 17.8 Å². The third-order valence-electron chi connectivity index (χ3n) is 5.00. The van der Waals surface area contributed by atoms with E-state index in [0.29, 0.717) is 41.6 Å². The highest BCUT2D eigenvalue weighted by atomic mass is 19.1. The zero-order chi connectivity index (χ0) is 19.8. The second kappa shape index (κ2) is 7.32. The van der Waals surface area contributed by atoms with Gasteiger partial charge < -0.3 is 9.64 Å². The molecule has 1 atom stereocenters. The third kappa shape index (κ3) is 3.27. The zero-order valence-electron chi connectivity index (χ0n) is 15.5. The van der Waals surface area contributed by atoms with E-state index < -0.39 is 12.0 Å². The van der Waals surface area contributed by atoms with Crippen LogP contribution in [0.1, 0.15) is 6.42 Å². The number of halogens is 2. The molecule has 2 aliphatic rings. The number of morpholine rings is 1. The first-order chi connectivity index (χ1) is 14.2. The Morgan fingerprint density at radius 3 is 2.66 bits per heavy atom. The van der Waals surface area contributed by atoms with Crippen molar-refractivity contribution in [1.29, 1.82) is 0 Å². The summed E-state index contributed by atoms with van der Waals surface area (Å²) in [6.07, 6.45) is 7.89. The van der Waals surface area contributed by atoms with Gasteiger partial charge in [0.05, 0.1) is 41.7 Å². The van der Waals surface area contributed by atoms with Gasteiger partial charge in [-0.05, 0) is 12.1 Å². The molecule has 3 aromatic heterocycles. The van der Waals surface area contributed by atoms with Crippen LogP contribution in [0.4, 0.5) is 14.7 Å². The largest absolute Gasteiger partial charge is 0.378 e. The summed E-state index contributed by atoms with van der Waals surface area (Å²) < 4.78 is 35.2. The van der Waals surface area contributed by atoms with Gasteiger partial charge >= 0.3 is 0 Å². The fraction of sp³-hybridized carbons (Fsp3) is 0.300. The van der Waals surface area contributed by atoms with Crippen LogP contribution in [0.15, 0.2) is 48.8 Å². The van der Waals surface area contributed by atoms with Crippen molar-refractivity contribution < 1.29 is 13.5 Å². The lowest BCUT2D eigenvalue weighted by Crippen LogP contribution is -2.37. The summed E-state index contributed by atoms with van der Waals surface area (Å²) in [7, 11) is 0. The number of imidazole rings is 1. The van der Waals surface area contributed by atoms with Crippen LogP contribution in [-0.4, -0.2) is 57.0 Å². The van der Waals surface area contributed by atoms with Gasteiger partial charge in [0.25, 0.3) is 0 Å². The standard InChI is InChI=1S/C20H18F2N6O/c21-14-1-2-17(15(22)9-14)28-18-12-23-4-3-16(18)26-19(28)13-10-24-20(25-11-13)27-5-7-29-8-6-27/h2-4,9-12,14H,1,5-8H2. The van der Waals surface area contributed by atoms with Crippen molar-refractivity contribution in [2.45, 2.75) is 12.6 Å². The van der Waals surface area contributed by atoms with E-state index in [0.717, 1.165) is 19.2 Å². The molecule has 0 amide bonds.